The van der Waals surface area contributed by atoms with E-state index in [0.717, 1.165) is 19.5 Å². The fourth-order valence-electron chi connectivity index (χ4n) is 2.73. The van der Waals surface area contributed by atoms with E-state index in [4.69, 9.17) is 0 Å². The fourth-order valence-corrected chi connectivity index (χ4v) is 4.15. The highest BCUT2D eigenvalue weighted by Crippen LogP contribution is 2.15. The van der Waals surface area contributed by atoms with Crippen LogP contribution in [0.1, 0.15) is 44.5 Å². The SMILES string of the molecule is CC1CNCCC1NC(=O)c1ccc(S(=O)(=O)NC(C)(C)C)cc1.Cl. The Hall–Kier alpha value is -1.15. The minimum Gasteiger partial charge on any atom is -0.349 e. The molecule has 8 heteroatoms. The lowest BCUT2D eigenvalue weighted by Crippen LogP contribution is -2.48. The van der Waals surface area contributed by atoms with Gasteiger partial charge in [0.15, 0.2) is 0 Å². The molecular weight excluding hydrogens is 362 g/mol. The van der Waals surface area contributed by atoms with E-state index >= 15 is 0 Å². The number of piperidine rings is 1. The van der Waals surface area contributed by atoms with Gasteiger partial charge in [-0.25, -0.2) is 13.1 Å². The van der Waals surface area contributed by atoms with Gasteiger partial charge in [-0.05, 0) is 70.5 Å². The molecule has 1 amide bonds. The number of nitrogens with one attached hydrogen (secondary N) is 3. The molecule has 0 aromatic heterocycles. The van der Waals surface area contributed by atoms with Crippen LogP contribution in [0.5, 0.6) is 0 Å². The summed E-state index contributed by atoms with van der Waals surface area (Å²) in [6, 6.07) is 6.19. The third kappa shape index (κ3) is 6.26. The Kier molecular flexibility index (Phi) is 7.43. The van der Waals surface area contributed by atoms with Crippen LogP contribution in [0.15, 0.2) is 29.2 Å². The van der Waals surface area contributed by atoms with Crippen molar-refractivity contribution in [3.8, 4) is 0 Å². The third-order valence-electron chi connectivity index (χ3n) is 3.97. The van der Waals surface area contributed by atoms with Crippen LogP contribution in [-0.4, -0.2) is 39.0 Å². The van der Waals surface area contributed by atoms with Crippen molar-refractivity contribution in [1.82, 2.24) is 15.4 Å². The molecule has 1 heterocycles. The van der Waals surface area contributed by atoms with Crippen molar-refractivity contribution in [2.45, 2.75) is 50.6 Å². The monoisotopic (exact) mass is 389 g/mol. The van der Waals surface area contributed by atoms with Gasteiger partial charge in [-0.1, -0.05) is 6.92 Å². The average Bonchev–Trinajstić information content (AvgIpc) is 2.47. The Bertz CT molecular complexity index is 684. The quantitative estimate of drug-likeness (QED) is 0.734. The summed E-state index contributed by atoms with van der Waals surface area (Å²) in [6.45, 7) is 9.24. The van der Waals surface area contributed by atoms with Crippen LogP contribution in [-0.2, 0) is 10.0 Å². The molecule has 0 bridgehead atoms. The van der Waals surface area contributed by atoms with Crippen molar-refractivity contribution in [2.75, 3.05) is 13.1 Å². The molecule has 2 rings (SSSR count). The number of hydrogen-bond acceptors (Lipinski definition) is 4. The van der Waals surface area contributed by atoms with Gasteiger partial charge in [0.2, 0.25) is 10.0 Å². The highest BCUT2D eigenvalue weighted by molar-refractivity contribution is 7.89. The highest BCUT2D eigenvalue weighted by Gasteiger charge is 2.24. The van der Waals surface area contributed by atoms with E-state index in [1.165, 1.54) is 12.1 Å². The zero-order valence-corrected chi connectivity index (χ0v) is 16.8. The second kappa shape index (κ2) is 8.49. The van der Waals surface area contributed by atoms with Crippen LogP contribution in [0.2, 0.25) is 0 Å². The summed E-state index contributed by atoms with van der Waals surface area (Å²) in [6.07, 6.45) is 0.898. The molecule has 1 aliphatic heterocycles. The summed E-state index contributed by atoms with van der Waals surface area (Å²) in [5, 5.41) is 6.33. The van der Waals surface area contributed by atoms with Crippen molar-refractivity contribution in [3.63, 3.8) is 0 Å². The molecule has 1 fully saturated rings. The molecule has 1 aromatic carbocycles. The molecule has 0 saturated carbocycles. The topological polar surface area (TPSA) is 87.3 Å². The van der Waals surface area contributed by atoms with E-state index in [9.17, 15) is 13.2 Å². The van der Waals surface area contributed by atoms with Crippen LogP contribution in [0.25, 0.3) is 0 Å². The fraction of sp³-hybridized carbons (Fsp3) is 0.588. The van der Waals surface area contributed by atoms with Crippen molar-refractivity contribution in [1.29, 1.82) is 0 Å². The van der Waals surface area contributed by atoms with Gasteiger partial charge >= 0.3 is 0 Å². The first-order chi connectivity index (χ1) is 11.1. The average molecular weight is 390 g/mol. The summed E-state index contributed by atoms with van der Waals surface area (Å²) >= 11 is 0. The van der Waals surface area contributed by atoms with E-state index in [2.05, 4.69) is 22.3 Å². The lowest BCUT2D eigenvalue weighted by atomic mass is 9.95. The summed E-state index contributed by atoms with van der Waals surface area (Å²) in [4.78, 5) is 12.5. The molecule has 1 aromatic rings. The number of rotatable bonds is 4. The predicted molar refractivity (Wildman–Crippen MR) is 102 cm³/mol. The normalized spacial score (nSPS) is 21.3. The Morgan fingerprint density at radius 1 is 1.20 bits per heavy atom. The van der Waals surface area contributed by atoms with Crippen molar-refractivity contribution in [2.24, 2.45) is 5.92 Å². The Morgan fingerprint density at radius 2 is 1.80 bits per heavy atom. The number of benzene rings is 1. The molecule has 0 aliphatic carbocycles. The minimum atomic E-state index is -3.59. The van der Waals surface area contributed by atoms with Gasteiger partial charge in [-0.3, -0.25) is 4.79 Å². The number of sulfonamides is 1. The number of halogens is 1. The van der Waals surface area contributed by atoms with Gasteiger partial charge in [-0.2, -0.15) is 0 Å². The predicted octanol–water partition coefficient (Wildman–Crippen LogP) is 1.91. The summed E-state index contributed by atoms with van der Waals surface area (Å²) in [5.74, 6) is 0.208. The first-order valence-electron chi connectivity index (χ1n) is 8.24. The van der Waals surface area contributed by atoms with E-state index in [1.807, 2.05) is 0 Å². The molecule has 25 heavy (non-hydrogen) atoms. The van der Waals surface area contributed by atoms with Crippen LogP contribution >= 0.6 is 12.4 Å². The van der Waals surface area contributed by atoms with Gasteiger partial charge < -0.3 is 10.6 Å². The lowest BCUT2D eigenvalue weighted by molar-refractivity contribution is 0.0914. The Balaban J connectivity index is 0.00000312. The maximum absolute atomic E-state index is 12.4. The maximum Gasteiger partial charge on any atom is 0.251 e. The molecule has 6 nitrogen and oxygen atoms in total. The van der Waals surface area contributed by atoms with Crippen LogP contribution < -0.4 is 15.4 Å². The van der Waals surface area contributed by atoms with Gasteiger partial charge in [0.1, 0.15) is 0 Å². The van der Waals surface area contributed by atoms with Crippen molar-refractivity contribution < 1.29 is 13.2 Å². The Labute approximate surface area is 156 Å². The standard InChI is InChI=1S/C17H27N3O3S.ClH/c1-12-11-18-10-9-15(12)19-16(21)13-5-7-14(8-6-13)24(22,23)20-17(2,3)4;/h5-8,12,15,18,20H,9-11H2,1-4H3,(H,19,21);1H. The molecule has 1 saturated heterocycles. The first-order valence-corrected chi connectivity index (χ1v) is 9.72. The third-order valence-corrected chi connectivity index (χ3v) is 5.74. The molecule has 2 unspecified atom stereocenters. The first kappa shape index (κ1) is 21.9. The molecule has 0 spiro atoms. The molecule has 1 aliphatic rings. The van der Waals surface area contributed by atoms with Gasteiger partial charge in [-0.15, -0.1) is 12.4 Å². The zero-order chi connectivity index (χ0) is 18.0. The van der Waals surface area contributed by atoms with E-state index < -0.39 is 15.6 Å². The number of hydrogen-bond donors (Lipinski definition) is 3. The van der Waals surface area contributed by atoms with E-state index in [0.29, 0.717) is 11.5 Å². The Morgan fingerprint density at radius 3 is 2.32 bits per heavy atom. The molecule has 2 atom stereocenters. The van der Waals surface area contributed by atoms with Crippen molar-refractivity contribution >= 4 is 28.3 Å². The van der Waals surface area contributed by atoms with Crippen molar-refractivity contribution in [3.05, 3.63) is 29.8 Å². The molecule has 3 N–H and O–H groups in total. The smallest absolute Gasteiger partial charge is 0.251 e. The zero-order valence-electron chi connectivity index (χ0n) is 15.1. The van der Waals surface area contributed by atoms with E-state index in [1.54, 1.807) is 32.9 Å². The molecular formula is C17H28ClN3O3S. The van der Waals surface area contributed by atoms with Gasteiger partial charge in [0, 0.05) is 17.1 Å². The summed E-state index contributed by atoms with van der Waals surface area (Å²) < 4.78 is 27.1. The lowest BCUT2D eigenvalue weighted by Gasteiger charge is -2.30. The molecule has 142 valence electrons. The van der Waals surface area contributed by atoms with Gasteiger partial charge in [0.25, 0.3) is 5.91 Å². The second-order valence-electron chi connectivity index (χ2n) is 7.43. The number of carbonyl (C=O) groups is 1. The van der Waals surface area contributed by atoms with Crippen LogP contribution in [0.3, 0.4) is 0 Å². The summed E-state index contributed by atoms with van der Waals surface area (Å²) in [7, 11) is -3.59. The number of amides is 1. The molecule has 0 radical (unpaired) electrons. The summed E-state index contributed by atoms with van der Waals surface area (Å²) in [5.41, 5.74) is -0.0875. The van der Waals surface area contributed by atoms with Crippen LogP contribution in [0.4, 0.5) is 0 Å². The number of carbonyl (C=O) groups excluding carboxylic acids is 1. The van der Waals surface area contributed by atoms with Crippen LogP contribution in [0, 0.1) is 5.92 Å². The maximum atomic E-state index is 12.4. The largest absolute Gasteiger partial charge is 0.349 e. The highest BCUT2D eigenvalue weighted by atomic mass is 35.5. The van der Waals surface area contributed by atoms with E-state index in [-0.39, 0.29) is 29.3 Å². The van der Waals surface area contributed by atoms with Gasteiger partial charge in [0.05, 0.1) is 4.90 Å². The second-order valence-corrected chi connectivity index (χ2v) is 9.11. The minimum absolute atomic E-state index is 0.